The average Bonchev–Trinajstić information content (AvgIpc) is 2.62. The first-order valence-corrected chi connectivity index (χ1v) is 6.22. The summed E-state index contributed by atoms with van der Waals surface area (Å²) >= 11 is 1.41. The molecule has 0 amide bonds. The van der Waals surface area contributed by atoms with E-state index in [1.54, 1.807) is 4.88 Å². The van der Waals surface area contributed by atoms with E-state index in [-0.39, 0.29) is 0 Å². The molecule has 1 aliphatic heterocycles. The van der Waals surface area contributed by atoms with E-state index in [4.69, 9.17) is 4.74 Å². The molecule has 2 rings (SSSR count). The molecule has 78 valence electrons. The van der Waals surface area contributed by atoms with Crippen LogP contribution in [0.5, 0.6) is 0 Å². The number of fused-ring (bicyclic) bond motifs is 1. The Balaban J connectivity index is 2.30. The quantitative estimate of drug-likeness (QED) is 0.772. The van der Waals surface area contributed by atoms with Gasteiger partial charge in [0, 0.05) is 24.1 Å². The number of nitrogens with one attached hydrogen (secondary N) is 1. The van der Waals surface area contributed by atoms with Crippen molar-refractivity contribution in [2.75, 3.05) is 20.2 Å². The van der Waals surface area contributed by atoms with Crippen LogP contribution >= 0.6 is 11.3 Å². The summed E-state index contributed by atoms with van der Waals surface area (Å²) in [5, 5.41) is 5.55. The zero-order chi connectivity index (χ0) is 9.97. The van der Waals surface area contributed by atoms with E-state index in [2.05, 4.69) is 17.6 Å². The van der Waals surface area contributed by atoms with Crippen LogP contribution in [-0.2, 0) is 17.6 Å². The molecule has 0 bridgehead atoms. The van der Waals surface area contributed by atoms with Gasteiger partial charge in [0.15, 0.2) is 4.88 Å². The monoisotopic (exact) mass is 212 g/mol. The molecular formula is C11H18NOS+. The van der Waals surface area contributed by atoms with Gasteiger partial charge in [0.1, 0.15) is 11.5 Å². The zero-order valence-corrected chi connectivity index (χ0v) is 9.73. The van der Waals surface area contributed by atoms with Crippen LogP contribution in [0.25, 0.3) is 0 Å². The molecule has 0 aromatic carbocycles. The summed E-state index contributed by atoms with van der Waals surface area (Å²) in [5.74, 6) is 0. The van der Waals surface area contributed by atoms with Crippen LogP contribution in [0.15, 0.2) is 5.38 Å². The average molecular weight is 212 g/mol. The highest BCUT2D eigenvalue weighted by molar-refractivity contribution is 7.10. The summed E-state index contributed by atoms with van der Waals surface area (Å²) in [6.45, 7) is 4.05. The lowest BCUT2D eigenvalue weighted by molar-refractivity contribution is 0.0445. The van der Waals surface area contributed by atoms with Crippen LogP contribution in [0.1, 0.15) is 29.0 Å². The van der Waals surface area contributed by atoms with Crippen LogP contribution in [0.2, 0.25) is 0 Å². The largest absolute Gasteiger partial charge is 0.371 e. The molecule has 1 aromatic rings. The summed E-state index contributed by atoms with van der Waals surface area (Å²) in [6.07, 6.45) is 2.55. The number of hydrogen-bond donors (Lipinski definition) is 1. The van der Waals surface area contributed by atoms with Crippen molar-refractivity contribution >= 4 is 11.3 Å². The van der Waals surface area contributed by atoms with E-state index in [0.29, 0.717) is 6.10 Å². The van der Waals surface area contributed by atoms with Crippen LogP contribution < -0.4 is 5.32 Å². The van der Waals surface area contributed by atoms with Crippen molar-refractivity contribution in [3.8, 4) is 0 Å². The predicted molar refractivity (Wildman–Crippen MR) is 61.4 cm³/mol. The molecule has 2 heterocycles. The number of aryl methyl sites for hydroxylation is 1. The smallest absolute Gasteiger partial charge is 0.156 e. The van der Waals surface area contributed by atoms with Crippen LogP contribution in [0, 0.1) is 0 Å². The van der Waals surface area contributed by atoms with E-state index < -0.39 is 0 Å². The van der Waals surface area contributed by atoms with Crippen molar-refractivity contribution < 1.29 is 4.74 Å². The van der Waals surface area contributed by atoms with Crippen molar-refractivity contribution in [2.24, 2.45) is 0 Å². The molecule has 3 heteroatoms. The minimum Gasteiger partial charge on any atom is -0.371 e. The maximum atomic E-state index is 5.80. The fourth-order valence-corrected chi connectivity index (χ4v) is 3.36. The minimum absolute atomic E-state index is 0.296. The second-order valence-corrected chi connectivity index (χ2v) is 4.72. The van der Waals surface area contributed by atoms with Crippen molar-refractivity contribution in [3.63, 3.8) is 0 Å². The standard InChI is InChI=1S/C11H17NOS/c1-3-8-7-14-10-4-5-13-9(6-12-2)11(8)10/h7,9,12H,3-6H2,1-2H3/p+1. The van der Waals surface area contributed by atoms with Gasteiger partial charge in [-0.1, -0.05) is 6.92 Å². The Hall–Kier alpha value is -0.380. The highest BCUT2D eigenvalue weighted by Gasteiger charge is 2.28. The molecule has 2 nitrogen and oxygen atoms in total. The fourth-order valence-electron chi connectivity index (χ4n) is 2.08. The number of ether oxygens (including phenoxy) is 1. The van der Waals surface area contributed by atoms with Crippen LogP contribution in [0.3, 0.4) is 0 Å². The second-order valence-electron chi connectivity index (χ2n) is 3.66. The zero-order valence-electron chi connectivity index (χ0n) is 8.84. The third-order valence-electron chi connectivity index (χ3n) is 2.78. The highest BCUT2D eigenvalue weighted by Crippen LogP contribution is 2.34. The van der Waals surface area contributed by atoms with Gasteiger partial charge in [-0.15, -0.1) is 0 Å². The third kappa shape index (κ3) is 1.72. The Morgan fingerprint density at radius 1 is 1.64 bits per heavy atom. The molecule has 1 aromatic heterocycles. The summed E-state index contributed by atoms with van der Waals surface area (Å²) in [5.41, 5.74) is 3.00. The van der Waals surface area contributed by atoms with Crippen molar-refractivity contribution in [1.82, 2.24) is 5.32 Å². The SMILES string of the molecule is CCc1c[sH+]c2c1C(CNC)OCC2. The van der Waals surface area contributed by atoms with Gasteiger partial charge >= 0.3 is 0 Å². The first-order valence-electron chi connectivity index (χ1n) is 5.26. The molecule has 0 aliphatic carbocycles. The Kier molecular flexibility index (Phi) is 3.21. The molecule has 0 spiro atoms. The van der Waals surface area contributed by atoms with E-state index in [1.807, 2.05) is 7.05 Å². The van der Waals surface area contributed by atoms with E-state index in [0.717, 1.165) is 26.0 Å². The van der Waals surface area contributed by atoms with E-state index in [9.17, 15) is 0 Å². The summed E-state index contributed by atoms with van der Waals surface area (Å²) in [7, 11) is 1.99. The first-order chi connectivity index (χ1) is 6.86. The van der Waals surface area contributed by atoms with Gasteiger partial charge in [-0.2, -0.15) is 0 Å². The highest BCUT2D eigenvalue weighted by atomic mass is 32.1. The van der Waals surface area contributed by atoms with Crippen molar-refractivity contribution in [1.29, 1.82) is 0 Å². The van der Waals surface area contributed by atoms with Crippen LogP contribution in [0.4, 0.5) is 0 Å². The second kappa shape index (κ2) is 4.43. The van der Waals surface area contributed by atoms with Gasteiger partial charge in [-0.05, 0) is 24.8 Å². The molecule has 14 heavy (non-hydrogen) atoms. The van der Waals surface area contributed by atoms with E-state index in [1.165, 1.54) is 22.5 Å². The van der Waals surface area contributed by atoms with E-state index >= 15 is 0 Å². The molecule has 0 fully saturated rings. The Labute approximate surface area is 89.3 Å². The Morgan fingerprint density at radius 3 is 3.21 bits per heavy atom. The maximum Gasteiger partial charge on any atom is 0.156 e. The summed E-state index contributed by atoms with van der Waals surface area (Å²) in [6, 6.07) is 0. The molecule has 0 saturated heterocycles. The molecule has 1 N–H and O–H groups in total. The molecule has 0 saturated carbocycles. The van der Waals surface area contributed by atoms with Crippen molar-refractivity contribution in [3.05, 3.63) is 21.4 Å². The summed E-state index contributed by atoms with van der Waals surface area (Å²) < 4.78 is 5.80. The third-order valence-corrected chi connectivity index (χ3v) is 4.00. The Bertz CT molecular complexity index is 295. The van der Waals surface area contributed by atoms with Gasteiger partial charge in [-0.25, -0.2) is 0 Å². The van der Waals surface area contributed by atoms with Gasteiger partial charge in [0.25, 0.3) is 0 Å². The van der Waals surface area contributed by atoms with Crippen LogP contribution in [-0.4, -0.2) is 20.2 Å². The Morgan fingerprint density at radius 2 is 2.50 bits per heavy atom. The summed E-state index contributed by atoms with van der Waals surface area (Å²) in [4.78, 5) is 1.59. The number of rotatable bonds is 3. The predicted octanol–water partition coefficient (Wildman–Crippen LogP) is 1.88. The molecule has 1 unspecified atom stereocenters. The number of likely N-dealkylation sites (N-methyl/N-ethyl adjacent to an activating group) is 1. The minimum atomic E-state index is 0.296. The number of hydrogen-bond acceptors (Lipinski definition) is 2. The molecule has 1 atom stereocenters. The maximum absolute atomic E-state index is 5.80. The number of thiophene rings is 1. The lowest BCUT2D eigenvalue weighted by atomic mass is 10.00. The topological polar surface area (TPSA) is 21.3 Å². The normalized spacial score (nSPS) is 20.9. The lowest BCUT2D eigenvalue weighted by Crippen LogP contribution is -2.25. The van der Waals surface area contributed by atoms with Gasteiger partial charge in [0.05, 0.1) is 6.61 Å². The fraction of sp³-hybridized carbons (Fsp3) is 0.636. The van der Waals surface area contributed by atoms with Gasteiger partial charge < -0.3 is 10.1 Å². The van der Waals surface area contributed by atoms with Gasteiger partial charge in [-0.3, -0.25) is 0 Å². The molecule has 0 radical (unpaired) electrons. The van der Waals surface area contributed by atoms with Crippen molar-refractivity contribution in [2.45, 2.75) is 25.9 Å². The first kappa shape index (κ1) is 10.1. The molecule has 1 aliphatic rings. The molecular weight excluding hydrogens is 194 g/mol. The van der Waals surface area contributed by atoms with Gasteiger partial charge in [0.2, 0.25) is 0 Å². The lowest BCUT2D eigenvalue weighted by Gasteiger charge is -2.22.